The van der Waals surface area contributed by atoms with Crippen molar-refractivity contribution in [1.82, 2.24) is 9.88 Å². The van der Waals surface area contributed by atoms with Crippen molar-refractivity contribution in [3.05, 3.63) is 52.3 Å². The highest BCUT2D eigenvalue weighted by molar-refractivity contribution is 6.00. The number of carbonyl (C=O) groups is 2. The van der Waals surface area contributed by atoms with Gasteiger partial charge in [-0.1, -0.05) is 18.2 Å². The van der Waals surface area contributed by atoms with E-state index in [1.807, 2.05) is 18.2 Å². The van der Waals surface area contributed by atoms with E-state index in [-0.39, 0.29) is 12.5 Å². The van der Waals surface area contributed by atoms with Gasteiger partial charge in [-0.2, -0.15) is 0 Å². The van der Waals surface area contributed by atoms with Crippen LogP contribution in [0.4, 0.5) is 5.69 Å². The minimum absolute atomic E-state index is 0.168. The van der Waals surface area contributed by atoms with Crippen LogP contribution in [0, 0.1) is 13.8 Å². The molecule has 168 valence electrons. The summed E-state index contributed by atoms with van der Waals surface area (Å²) in [7, 11) is 3.31. The number of methoxy groups -OCH3 is 1. The lowest BCUT2D eigenvalue weighted by Crippen LogP contribution is -2.37. The first-order chi connectivity index (χ1) is 14.9. The maximum Gasteiger partial charge on any atom is 0.340 e. The molecule has 1 N–H and O–H groups in total. The fraction of sp³-hybridized carbons (Fsp3) is 0.478. The summed E-state index contributed by atoms with van der Waals surface area (Å²) in [4.78, 5) is 32.7. The van der Waals surface area contributed by atoms with Crippen molar-refractivity contribution >= 4 is 17.6 Å². The van der Waals surface area contributed by atoms with Crippen LogP contribution in [0.25, 0.3) is 0 Å². The number of hydrogen-bond acceptors (Lipinski definition) is 6. The number of aryl methyl sites for hydroxylation is 1. The Morgan fingerprint density at radius 2 is 1.87 bits per heavy atom. The zero-order chi connectivity index (χ0) is 22.4. The van der Waals surface area contributed by atoms with Gasteiger partial charge in [-0.05, 0) is 31.0 Å². The molecule has 0 atom stereocenters. The van der Waals surface area contributed by atoms with Crippen molar-refractivity contribution < 1.29 is 23.8 Å². The van der Waals surface area contributed by atoms with Crippen LogP contribution < -0.4 is 4.90 Å². The maximum absolute atomic E-state index is 13.2. The predicted octanol–water partition coefficient (Wildman–Crippen LogP) is 2.54. The Kier molecular flexibility index (Phi) is 7.70. The molecule has 0 aliphatic carbocycles. The fourth-order valence-electron chi connectivity index (χ4n) is 3.84. The first kappa shape index (κ1) is 22.8. The summed E-state index contributed by atoms with van der Waals surface area (Å²) in [5.74, 6) is -0.629. The lowest BCUT2D eigenvalue weighted by Gasteiger charge is -2.31. The average Bonchev–Trinajstić information content (AvgIpc) is 3.08. The predicted molar refractivity (Wildman–Crippen MR) is 118 cm³/mol. The minimum Gasteiger partial charge on any atom is -0.460 e. The lowest BCUT2D eigenvalue weighted by molar-refractivity contribution is 0.0386. The zero-order valence-electron chi connectivity index (χ0n) is 18.7. The first-order valence-electron chi connectivity index (χ1n) is 10.4. The summed E-state index contributed by atoms with van der Waals surface area (Å²) < 4.78 is 15.6. The van der Waals surface area contributed by atoms with Gasteiger partial charge in [0.25, 0.3) is 5.91 Å². The highest BCUT2D eigenvalue weighted by Crippen LogP contribution is 2.25. The van der Waals surface area contributed by atoms with Gasteiger partial charge in [-0.25, -0.2) is 4.79 Å². The quantitative estimate of drug-likeness (QED) is 0.513. The van der Waals surface area contributed by atoms with E-state index in [0.29, 0.717) is 48.9 Å². The molecule has 0 spiro atoms. The molecule has 0 radical (unpaired) electrons. The Hall–Kier alpha value is -2.84. The SMILES string of the molecule is COCCOC(=O)c1c(C)[nH]c(C(=O)N(C)Cc2ccccc2N2CCOCC2)c1C. The molecule has 0 saturated carbocycles. The second-order valence-corrected chi connectivity index (χ2v) is 7.64. The van der Waals surface area contributed by atoms with Crippen LogP contribution in [0.5, 0.6) is 0 Å². The molecule has 0 bridgehead atoms. The van der Waals surface area contributed by atoms with E-state index >= 15 is 0 Å². The number of H-pyrrole nitrogens is 1. The molecule has 1 amide bonds. The van der Waals surface area contributed by atoms with E-state index in [0.717, 1.165) is 24.3 Å². The van der Waals surface area contributed by atoms with Gasteiger partial charge < -0.3 is 29.0 Å². The molecular formula is C23H31N3O5. The summed E-state index contributed by atoms with van der Waals surface area (Å²) in [6, 6.07) is 8.11. The standard InChI is InChI=1S/C23H31N3O5/c1-16-20(23(28)31-14-13-29-4)17(2)24-21(16)22(27)25(3)15-18-7-5-6-8-19(18)26-9-11-30-12-10-26/h5-8,24H,9-15H2,1-4H3. The number of carbonyl (C=O) groups excluding carboxylic acids is 2. The number of para-hydroxylation sites is 1. The number of esters is 1. The largest absolute Gasteiger partial charge is 0.460 e. The first-order valence-corrected chi connectivity index (χ1v) is 10.4. The van der Waals surface area contributed by atoms with E-state index < -0.39 is 5.97 Å². The van der Waals surface area contributed by atoms with Crippen LogP contribution in [0.1, 0.15) is 37.7 Å². The van der Waals surface area contributed by atoms with Gasteiger partial charge >= 0.3 is 5.97 Å². The molecule has 1 fully saturated rings. The minimum atomic E-state index is -0.456. The fourth-order valence-corrected chi connectivity index (χ4v) is 3.84. The van der Waals surface area contributed by atoms with E-state index in [2.05, 4.69) is 16.0 Å². The van der Waals surface area contributed by atoms with E-state index in [9.17, 15) is 9.59 Å². The summed E-state index contributed by atoms with van der Waals surface area (Å²) in [6.45, 7) is 7.55. The maximum atomic E-state index is 13.2. The molecule has 3 rings (SSSR count). The van der Waals surface area contributed by atoms with Crippen molar-refractivity contribution in [2.75, 3.05) is 58.6 Å². The highest BCUT2D eigenvalue weighted by Gasteiger charge is 2.25. The van der Waals surface area contributed by atoms with Crippen molar-refractivity contribution in [2.24, 2.45) is 0 Å². The second-order valence-electron chi connectivity index (χ2n) is 7.64. The molecule has 1 aliphatic heterocycles. The van der Waals surface area contributed by atoms with Gasteiger partial charge in [-0.15, -0.1) is 0 Å². The second kappa shape index (κ2) is 10.5. The number of aromatic nitrogens is 1. The smallest absolute Gasteiger partial charge is 0.340 e. The number of rotatable bonds is 8. The summed E-state index contributed by atoms with van der Waals surface area (Å²) in [5, 5.41) is 0. The highest BCUT2D eigenvalue weighted by atomic mass is 16.6. The number of anilines is 1. The van der Waals surface area contributed by atoms with Crippen molar-refractivity contribution in [2.45, 2.75) is 20.4 Å². The van der Waals surface area contributed by atoms with Gasteiger partial charge in [0.1, 0.15) is 12.3 Å². The van der Waals surface area contributed by atoms with Crippen molar-refractivity contribution in [1.29, 1.82) is 0 Å². The molecule has 8 heteroatoms. The van der Waals surface area contributed by atoms with Gasteiger partial charge in [0.15, 0.2) is 0 Å². The third kappa shape index (κ3) is 5.26. The number of nitrogens with one attached hydrogen (secondary N) is 1. The third-order valence-corrected chi connectivity index (χ3v) is 5.47. The zero-order valence-corrected chi connectivity index (χ0v) is 18.7. The van der Waals surface area contributed by atoms with Crippen LogP contribution in [0.15, 0.2) is 24.3 Å². The van der Waals surface area contributed by atoms with Crippen LogP contribution in [0.2, 0.25) is 0 Å². The Morgan fingerprint density at radius 1 is 1.16 bits per heavy atom. The number of amides is 1. The molecule has 2 heterocycles. The molecule has 1 aromatic carbocycles. The summed E-state index contributed by atoms with van der Waals surface area (Å²) in [6.07, 6.45) is 0. The van der Waals surface area contributed by atoms with Crippen LogP contribution >= 0.6 is 0 Å². The average molecular weight is 430 g/mol. The Morgan fingerprint density at radius 3 is 2.58 bits per heavy atom. The Bertz CT molecular complexity index is 918. The van der Waals surface area contributed by atoms with Gasteiger partial charge in [-0.3, -0.25) is 4.79 Å². The molecule has 1 aromatic heterocycles. The molecule has 31 heavy (non-hydrogen) atoms. The van der Waals surface area contributed by atoms with Crippen molar-refractivity contribution in [3.8, 4) is 0 Å². The lowest BCUT2D eigenvalue weighted by atomic mass is 10.1. The van der Waals surface area contributed by atoms with Gasteiger partial charge in [0, 0.05) is 45.2 Å². The molecule has 1 aliphatic rings. The number of ether oxygens (including phenoxy) is 3. The van der Waals surface area contributed by atoms with Crippen LogP contribution in [-0.2, 0) is 20.8 Å². The topological polar surface area (TPSA) is 84.1 Å². The van der Waals surface area contributed by atoms with E-state index in [1.54, 1.807) is 32.9 Å². The summed E-state index contributed by atoms with van der Waals surface area (Å²) >= 11 is 0. The van der Waals surface area contributed by atoms with Crippen molar-refractivity contribution in [3.63, 3.8) is 0 Å². The van der Waals surface area contributed by atoms with Crippen LogP contribution in [0.3, 0.4) is 0 Å². The number of aromatic amines is 1. The van der Waals surface area contributed by atoms with Crippen LogP contribution in [-0.4, -0.2) is 75.4 Å². The molecule has 1 saturated heterocycles. The number of morpholine rings is 1. The Labute approximate surface area is 183 Å². The van der Waals surface area contributed by atoms with Gasteiger partial charge in [0.2, 0.25) is 0 Å². The number of nitrogens with zero attached hydrogens (tertiary/aromatic N) is 2. The molecule has 0 unspecified atom stereocenters. The van der Waals surface area contributed by atoms with Gasteiger partial charge in [0.05, 0.1) is 25.4 Å². The third-order valence-electron chi connectivity index (χ3n) is 5.47. The normalized spacial score (nSPS) is 13.9. The monoisotopic (exact) mass is 429 g/mol. The van der Waals surface area contributed by atoms with E-state index in [4.69, 9.17) is 14.2 Å². The molecule has 2 aromatic rings. The number of hydrogen-bond donors (Lipinski definition) is 1. The Balaban J connectivity index is 1.75. The van der Waals surface area contributed by atoms with E-state index in [1.165, 1.54) is 0 Å². The molecular weight excluding hydrogens is 398 g/mol. The summed E-state index contributed by atoms with van der Waals surface area (Å²) in [5.41, 5.74) is 4.21. The molecule has 8 nitrogen and oxygen atoms in total. The number of benzene rings is 1.